The van der Waals surface area contributed by atoms with Gasteiger partial charge in [-0.2, -0.15) is 4.31 Å². The number of amides is 1. The summed E-state index contributed by atoms with van der Waals surface area (Å²) in [6.07, 6.45) is 0. The number of carbonyl (C=O) groups is 1. The van der Waals surface area contributed by atoms with E-state index in [1.165, 1.54) is 17.6 Å². The predicted molar refractivity (Wildman–Crippen MR) is 85.1 cm³/mol. The zero-order valence-electron chi connectivity index (χ0n) is 12.6. The summed E-state index contributed by atoms with van der Waals surface area (Å²) in [5.74, 6) is -0.795. The summed E-state index contributed by atoms with van der Waals surface area (Å²) in [5.41, 5.74) is 3.27. The summed E-state index contributed by atoms with van der Waals surface area (Å²) < 4.78 is 26.5. The molecule has 0 aliphatic heterocycles. The second-order valence-electron chi connectivity index (χ2n) is 5.11. The van der Waals surface area contributed by atoms with Crippen LogP contribution in [0.5, 0.6) is 0 Å². The first kappa shape index (κ1) is 17.1. The molecule has 6 nitrogen and oxygen atoms in total. The van der Waals surface area contributed by atoms with E-state index in [0.717, 1.165) is 15.4 Å². The second-order valence-corrected chi connectivity index (χ2v) is 7.04. The Morgan fingerprint density at radius 2 is 1.70 bits per heavy atom. The van der Waals surface area contributed by atoms with Crippen molar-refractivity contribution < 1.29 is 18.4 Å². The molecule has 0 heterocycles. The van der Waals surface area contributed by atoms with Gasteiger partial charge in [0.05, 0.1) is 11.4 Å². The van der Waals surface area contributed by atoms with Crippen molar-refractivity contribution >= 4 is 15.9 Å². The Morgan fingerprint density at radius 1 is 1.09 bits per heavy atom. The molecular formula is C16H18N2O4S. The zero-order chi connectivity index (χ0) is 16.9. The number of aryl methyl sites for hydroxylation is 1. The summed E-state index contributed by atoms with van der Waals surface area (Å²) in [5, 5.41) is 8.70. The quantitative estimate of drug-likeness (QED) is 0.622. The number of carbonyl (C=O) groups excluding carboxylic acids is 1. The lowest BCUT2D eigenvalue weighted by molar-refractivity contribution is -0.129. The van der Waals surface area contributed by atoms with Crippen LogP contribution in [0.15, 0.2) is 59.5 Å². The van der Waals surface area contributed by atoms with E-state index in [2.05, 4.69) is 0 Å². The Kier molecular flexibility index (Phi) is 5.49. The number of hydrogen-bond donors (Lipinski definition) is 2. The van der Waals surface area contributed by atoms with Gasteiger partial charge in [0, 0.05) is 6.54 Å². The first-order chi connectivity index (χ1) is 10.9. The SMILES string of the molecule is Cc1ccc(CN(CC(=O)NO)S(=O)(=O)c2ccccc2)cc1. The van der Waals surface area contributed by atoms with Crippen LogP contribution in [-0.2, 0) is 21.4 Å². The van der Waals surface area contributed by atoms with Crippen LogP contribution in [0.1, 0.15) is 11.1 Å². The standard InChI is InChI=1S/C16H18N2O4S/c1-13-7-9-14(10-8-13)11-18(12-16(19)17-20)23(21,22)15-5-3-2-4-6-15/h2-10,20H,11-12H2,1H3,(H,17,19). The molecule has 7 heteroatoms. The third-order valence-corrected chi connectivity index (χ3v) is 5.11. The Balaban J connectivity index is 2.33. The molecule has 23 heavy (non-hydrogen) atoms. The van der Waals surface area contributed by atoms with Gasteiger partial charge < -0.3 is 0 Å². The van der Waals surface area contributed by atoms with Gasteiger partial charge in [0.25, 0.3) is 5.91 Å². The van der Waals surface area contributed by atoms with E-state index in [4.69, 9.17) is 5.21 Å². The third kappa shape index (κ3) is 4.38. The molecule has 0 spiro atoms. The molecule has 0 atom stereocenters. The number of nitrogens with one attached hydrogen (secondary N) is 1. The molecule has 122 valence electrons. The number of hydroxylamine groups is 1. The second kappa shape index (κ2) is 7.36. The van der Waals surface area contributed by atoms with Gasteiger partial charge in [0.2, 0.25) is 10.0 Å². The summed E-state index contributed by atoms with van der Waals surface area (Å²) in [6.45, 7) is 1.49. The molecule has 0 radical (unpaired) electrons. The number of rotatable bonds is 6. The predicted octanol–water partition coefficient (Wildman–Crippen LogP) is 1.69. The molecule has 0 aliphatic carbocycles. The molecule has 0 unspecified atom stereocenters. The van der Waals surface area contributed by atoms with Crippen LogP contribution >= 0.6 is 0 Å². The van der Waals surface area contributed by atoms with Gasteiger partial charge in [0.15, 0.2) is 0 Å². The summed E-state index contributed by atoms with van der Waals surface area (Å²) >= 11 is 0. The molecule has 0 saturated heterocycles. The van der Waals surface area contributed by atoms with Gasteiger partial charge in [-0.25, -0.2) is 13.9 Å². The average Bonchev–Trinajstić information content (AvgIpc) is 2.56. The van der Waals surface area contributed by atoms with Crippen molar-refractivity contribution in [1.29, 1.82) is 0 Å². The first-order valence-electron chi connectivity index (χ1n) is 6.97. The van der Waals surface area contributed by atoms with Crippen LogP contribution in [0.25, 0.3) is 0 Å². The lowest BCUT2D eigenvalue weighted by Crippen LogP contribution is -2.39. The minimum absolute atomic E-state index is 0.0327. The normalized spacial score (nSPS) is 11.4. The minimum Gasteiger partial charge on any atom is -0.289 e. The van der Waals surface area contributed by atoms with Crippen molar-refractivity contribution in [2.45, 2.75) is 18.4 Å². The summed E-state index contributed by atoms with van der Waals surface area (Å²) in [6, 6.07) is 15.2. The Bertz CT molecular complexity index is 758. The van der Waals surface area contributed by atoms with E-state index >= 15 is 0 Å². The Hall–Kier alpha value is -2.22. The van der Waals surface area contributed by atoms with Gasteiger partial charge in [-0.15, -0.1) is 0 Å². The molecule has 0 saturated carbocycles. The molecule has 2 rings (SSSR count). The molecule has 1 amide bonds. The van der Waals surface area contributed by atoms with E-state index in [0.29, 0.717) is 0 Å². The highest BCUT2D eigenvalue weighted by Gasteiger charge is 2.26. The lowest BCUT2D eigenvalue weighted by Gasteiger charge is -2.21. The molecule has 0 aromatic heterocycles. The fourth-order valence-electron chi connectivity index (χ4n) is 2.06. The van der Waals surface area contributed by atoms with Crippen LogP contribution in [-0.4, -0.2) is 30.4 Å². The van der Waals surface area contributed by atoms with Crippen molar-refractivity contribution in [1.82, 2.24) is 9.79 Å². The van der Waals surface area contributed by atoms with Crippen molar-refractivity contribution in [3.63, 3.8) is 0 Å². The molecule has 0 bridgehead atoms. The lowest BCUT2D eigenvalue weighted by atomic mass is 10.1. The Labute approximate surface area is 135 Å². The van der Waals surface area contributed by atoms with E-state index in [1.54, 1.807) is 30.3 Å². The molecule has 2 aromatic rings. The first-order valence-corrected chi connectivity index (χ1v) is 8.41. The third-order valence-electron chi connectivity index (χ3n) is 3.31. The van der Waals surface area contributed by atoms with Crippen LogP contribution < -0.4 is 5.48 Å². The Morgan fingerprint density at radius 3 is 2.26 bits per heavy atom. The van der Waals surface area contributed by atoms with E-state index in [1.807, 2.05) is 19.1 Å². The van der Waals surface area contributed by atoms with E-state index < -0.39 is 22.5 Å². The van der Waals surface area contributed by atoms with Crippen LogP contribution in [0, 0.1) is 6.92 Å². The van der Waals surface area contributed by atoms with Crippen molar-refractivity contribution in [2.24, 2.45) is 0 Å². The van der Waals surface area contributed by atoms with Gasteiger partial charge in [-0.1, -0.05) is 48.0 Å². The fraction of sp³-hybridized carbons (Fsp3) is 0.188. The highest BCUT2D eigenvalue weighted by atomic mass is 32.2. The smallest absolute Gasteiger partial charge is 0.258 e. The number of hydrogen-bond acceptors (Lipinski definition) is 4. The highest BCUT2D eigenvalue weighted by Crippen LogP contribution is 2.18. The maximum Gasteiger partial charge on any atom is 0.258 e. The van der Waals surface area contributed by atoms with Crippen molar-refractivity contribution in [3.8, 4) is 0 Å². The van der Waals surface area contributed by atoms with Crippen molar-refractivity contribution in [2.75, 3.05) is 6.54 Å². The van der Waals surface area contributed by atoms with E-state index in [9.17, 15) is 13.2 Å². The highest BCUT2D eigenvalue weighted by molar-refractivity contribution is 7.89. The molecule has 0 fully saturated rings. The zero-order valence-corrected chi connectivity index (χ0v) is 13.5. The number of sulfonamides is 1. The summed E-state index contributed by atoms with van der Waals surface area (Å²) in [4.78, 5) is 11.6. The average molecular weight is 334 g/mol. The molecule has 0 aliphatic rings. The van der Waals surface area contributed by atoms with Crippen LogP contribution in [0.4, 0.5) is 0 Å². The topological polar surface area (TPSA) is 86.7 Å². The largest absolute Gasteiger partial charge is 0.289 e. The van der Waals surface area contributed by atoms with Gasteiger partial charge in [-0.3, -0.25) is 10.0 Å². The van der Waals surface area contributed by atoms with Gasteiger partial charge in [-0.05, 0) is 24.6 Å². The minimum atomic E-state index is -3.85. The number of nitrogens with zero attached hydrogens (tertiary/aromatic N) is 1. The maximum atomic E-state index is 12.7. The fourth-order valence-corrected chi connectivity index (χ4v) is 3.47. The molecule has 2 N–H and O–H groups in total. The van der Waals surface area contributed by atoms with Crippen LogP contribution in [0.2, 0.25) is 0 Å². The van der Waals surface area contributed by atoms with E-state index in [-0.39, 0.29) is 11.4 Å². The monoisotopic (exact) mass is 334 g/mol. The van der Waals surface area contributed by atoms with Gasteiger partial charge >= 0.3 is 0 Å². The van der Waals surface area contributed by atoms with Crippen molar-refractivity contribution in [3.05, 3.63) is 65.7 Å². The number of benzene rings is 2. The van der Waals surface area contributed by atoms with Crippen LogP contribution in [0.3, 0.4) is 0 Å². The molecular weight excluding hydrogens is 316 g/mol. The summed E-state index contributed by atoms with van der Waals surface area (Å²) in [7, 11) is -3.85. The molecule has 2 aromatic carbocycles. The maximum absolute atomic E-state index is 12.7. The van der Waals surface area contributed by atoms with Gasteiger partial charge in [0.1, 0.15) is 0 Å².